The number of carbonyl (C=O) groups is 2. The topological polar surface area (TPSA) is 87.2 Å². The fourth-order valence-corrected chi connectivity index (χ4v) is 2.65. The second-order valence-corrected chi connectivity index (χ2v) is 5.61. The lowest BCUT2D eigenvalue weighted by Gasteiger charge is -2.30. The highest BCUT2D eigenvalue weighted by Crippen LogP contribution is 2.19. The molecule has 1 aliphatic heterocycles. The van der Waals surface area contributed by atoms with Crippen molar-refractivity contribution >= 4 is 28.4 Å². The van der Waals surface area contributed by atoms with E-state index in [1.54, 1.807) is 11.9 Å². The molecule has 0 spiro atoms. The van der Waals surface area contributed by atoms with Crippen molar-refractivity contribution in [2.75, 3.05) is 25.5 Å². The predicted octanol–water partition coefficient (Wildman–Crippen LogP) is 0.836. The Morgan fingerprint density at radius 1 is 1.32 bits per heavy atom. The molecule has 2 N–H and O–H groups in total. The highest BCUT2D eigenvalue weighted by atomic mass is 32.1. The van der Waals surface area contributed by atoms with Crippen LogP contribution in [0.1, 0.15) is 17.8 Å². The first-order chi connectivity index (χ1) is 9.10. The minimum Gasteiger partial charge on any atom is -0.359 e. The van der Waals surface area contributed by atoms with Gasteiger partial charge in [-0.25, -0.2) is 4.79 Å². The number of likely N-dealkylation sites (tertiary alicyclic amines) is 1. The predicted molar refractivity (Wildman–Crippen MR) is 72.0 cm³/mol. The molecule has 8 heteroatoms. The van der Waals surface area contributed by atoms with Gasteiger partial charge in [0.05, 0.1) is 0 Å². The van der Waals surface area contributed by atoms with E-state index in [1.807, 2.05) is 6.92 Å². The Kier molecular flexibility index (Phi) is 4.31. The molecule has 3 amide bonds. The van der Waals surface area contributed by atoms with Crippen molar-refractivity contribution in [1.82, 2.24) is 20.4 Å². The standard InChI is InChI=1S/C11H17N5O2S/c1-7-14-15-10(19-7)13-11(18)16-5-3-8(4-6-16)9(17)12-2/h8H,3-6H2,1-2H3,(H,12,17)(H,13,15,18). The van der Waals surface area contributed by atoms with Crippen LogP contribution in [-0.2, 0) is 4.79 Å². The zero-order valence-electron chi connectivity index (χ0n) is 11.0. The molecule has 0 aliphatic carbocycles. The van der Waals surface area contributed by atoms with E-state index in [9.17, 15) is 9.59 Å². The molecule has 2 rings (SSSR count). The number of carbonyl (C=O) groups excluding carboxylic acids is 2. The number of aromatic nitrogens is 2. The van der Waals surface area contributed by atoms with Crippen LogP contribution in [0.25, 0.3) is 0 Å². The third kappa shape index (κ3) is 3.40. The van der Waals surface area contributed by atoms with E-state index in [1.165, 1.54) is 11.3 Å². The maximum atomic E-state index is 12.0. The largest absolute Gasteiger partial charge is 0.359 e. The van der Waals surface area contributed by atoms with Crippen LogP contribution < -0.4 is 10.6 Å². The normalized spacial score (nSPS) is 16.2. The summed E-state index contributed by atoms with van der Waals surface area (Å²) in [5.74, 6) is 0.0673. The number of hydrogen-bond acceptors (Lipinski definition) is 5. The molecule has 1 aromatic heterocycles. The van der Waals surface area contributed by atoms with Gasteiger partial charge in [-0.2, -0.15) is 0 Å². The smallest absolute Gasteiger partial charge is 0.323 e. The molecular formula is C11H17N5O2S. The van der Waals surface area contributed by atoms with E-state index in [0.29, 0.717) is 31.1 Å². The first-order valence-corrected chi connectivity index (χ1v) is 6.99. The van der Waals surface area contributed by atoms with Crippen LogP contribution in [0.15, 0.2) is 0 Å². The number of amides is 3. The van der Waals surface area contributed by atoms with Crippen molar-refractivity contribution in [3.05, 3.63) is 5.01 Å². The van der Waals surface area contributed by atoms with Crippen molar-refractivity contribution < 1.29 is 9.59 Å². The van der Waals surface area contributed by atoms with Crippen LogP contribution in [0.3, 0.4) is 0 Å². The maximum Gasteiger partial charge on any atom is 0.323 e. The monoisotopic (exact) mass is 283 g/mol. The molecule has 1 fully saturated rings. The summed E-state index contributed by atoms with van der Waals surface area (Å²) in [6, 6.07) is -0.175. The summed E-state index contributed by atoms with van der Waals surface area (Å²) in [5.41, 5.74) is 0. The van der Waals surface area contributed by atoms with Gasteiger partial charge in [0.15, 0.2) is 0 Å². The summed E-state index contributed by atoms with van der Waals surface area (Å²) in [4.78, 5) is 25.2. The lowest BCUT2D eigenvalue weighted by Crippen LogP contribution is -2.44. The molecule has 0 aromatic carbocycles. The minimum atomic E-state index is -0.175. The second-order valence-electron chi connectivity index (χ2n) is 4.43. The zero-order valence-corrected chi connectivity index (χ0v) is 11.8. The van der Waals surface area contributed by atoms with Gasteiger partial charge >= 0.3 is 6.03 Å². The molecule has 0 saturated carbocycles. The Bertz CT molecular complexity index is 467. The van der Waals surface area contributed by atoms with Gasteiger partial charge in [-0.15, -0.1) is 10.2 Å². The minimum absolute atomic E-state index is 0.0119. The Balaban J connectivity index is 1.84. The fourth-order valence-electron chi connectivity index (χ4n) is 2.07. The molecule has 0 radical (unpaired) electrons. The van der Waals surface area contributed by atoms with Crippen molar-refractivity contribution in [1.29, 1.82) is 0 Å². The molecule has 7 nitrogen and oxygen atoms in total. The molecule has 1 aromatic rings. The molecule has 19 heavy (non-hydrogen) atoms. The number of aryl methyl sites for hydroxylation is 1. The van der Waals surface area contributed by atoms with Crippen molar-refractivity contribution in [3.63, 3.8) is 0 Å². The summed E-state index contributed by atoms with van der Waals surface area (Å²) in [6.45, 7) is 3.01. The van der Waals surface area contributed by atoms with Crippen LogP contribution >= 0.6 is 11.3 Å². The lowest BCUT2D eigenvalue weighted by atomic mass is 9.96. The summed E-state index contributed by atoms with van der Waals surface area (Å²) >= 11 is 1.34. The van der Waals surface area contributed by atoms with Crippen molar-refractivity contribution in [2.24, 2.45) is 5.92 Å². The first kappa shape index (κ1) is 13.7. The van der Waals surface area contributed by atoms with Gasteiger partial charge < -0.3 is 10.2 Å². The zero-order chi connectivity index (χ0) is 13.8. The molecule has 104 valence electrons. The van der Waals surface area contributed by atoms with E-state index in [-0.39, 0.29) is 17.9 Å². The van der Waals surface area contributed by atoms with E-state index in [0.717, 1.165) is 5.01 Å². The summed E-state index contributed by atoms with van der Waals surface area (Å²) in [6.07, 6.45) is 1.39. The molecule has 1 aliphatic rings. The molecule has 1 saturated heterocycles. The number of piperidine rings is 1. The summed E-state index contributed by atoms with van der Waals surface area (Å²) in [5, 5.41) is 14.4. The number of urea groups is 1. The maximum absolute atomic E-state index is 12.0. The number of nitrogens with zero attached hydrogens (tertiary/aromatic N) is 3. The van der Waals surface area contributed by atoms with Gasteiger partial charge in [0, 0.05) is 26.1 Å². The molecule has 0 bridgehead atoms. The van der Waals surface area contributed by atoms with E-state index < -0.39 is 0 Å². The van der Waals surface area contributed by atoms with Gasteiger partial charge in [0.1, 0.15) is 5.01 Å². The van der Waals surface area contributed by atoms with Crippen LogP contribution in [0.2, 0.25) is 0 Å². The molecule has 0 atom stereocenters. The molecular weight excluding hydrogens is 266 g/mol. The highest BCUT2D eigenvalue weighted by molar-refractivity contribution is 7.15. The van der Waals surface area contributed by atoms with Gasteiger partial charge in [0.2, 0.25) is 11.0 Å². The number of anilines is 1. The summed E-state index contributed by atoms with van der Waals surface area (Å²) in [7, 11) is 1.64. The van der Waals surface area contributed by atoms with Gasteiger partial charge in [-0.1, -0.05) is 11.3 Å². The third-order valence-corrected chi connectivity index (χ3v) is 3.89. The van der Waals surface area contributed by atoms with Crippen LogP contribution in [0.5, 0.6) is 0 Å². The SMILES string of the molecule is CNC(=O)C1CCN(C(=O)Nc2nnc(C)s2)CC1. The van der Waals surface area contributed by atoms with E-state index in [2.05, 4.69) is 20.8 Å². The Hall–Kier alpha value is -1.70. The average Bonchev–Trinajstić information content (AvgIpc) is 2.83. The van der Waals surface area contributed by atoms with Gasteiger partial charge in [-0.05, 0) is 19.8 Å². The van der Waals surface area contributed by atoms with Crippen molar-refractivity contribution in [2.45, 2.75) is 19.8 Å². The fraction of sp³-hybridized carbons (Fsp3) is 0.636. The Morgan fingerprint density at radius 3 is 2.53 bits per heavy atom. The molecule has 2 heterocycles. The first-order valence-electron chi connectivity index (χ1n) is 6.17. The van der Waals surface area contributed by atoms with Crippen LogP contribution in [0.4, 0.5) is 9.93 Å². The third-order valence-electron chi connectivity index (χ3n) is 3.14. The van der Waals surface area contributed by atoms with E-state index in [4.69, 9.17) is 0 Å². The Labute approximate surface area is 115 Å². The number of hydrogen-bond donors (Lipinski definition) is 2. The molecule has 0 unspecified atom stereocenters. The van der Waals surface area contributed by atoms with Crippen molar-refractivity contribution in [3.8, 4) is 0 Å². The van der Waals surface area contributed by atoms with Crippen LogP contribution in [0, 0.1) is 12.8 Å². The summed E-state index contributed by atoms with van der Waals surface area (Å²) < 4.78 is 0. The number of nitrogens with one attached hydrogen (secondary N) is 2. The van der Waals surface area contributed by atoms with Gasteiger partial charge in [0.25, 0.3) is 0 Å². The average molecular weight is 283 g/mol. The van der Waals surface area contributed by atoms with Gasteiger partial charge in [-0.3, -0.25) is 10.1 Å². The number of rotatable bonds is 2. The quantitative estimate of drug-likeness (QED) is 0.842. The highest BCUT2D eigenvalue weighted by Gasteiger charge is 2.27. The van der Waals surface area contributed by atoms with Crippen LogP contribution in [-0.4, -0.2) is 47.2 Å². The lowest BCUT2D eigenvalue weighted by molar-refractivity contribution is -0.125. The second kappa shape index (κ2) is 5.96. The Morgan fingerprint density at radius 2 is 2.00 bits per heavy atom. The van der Waals surface area contributed by atoms with E-state index >= 15 is 0 Å².